The predicted molar refractivity (Wildman–Crippen MR) is 51.3 cm³/mol. The standard InChI is InChI=1S/C9H12ClFN2/c1-9(2,5-12)8-7(11)3-6(10)4-13-8/h3-4H,5,12H2,1-2H3. The number of nitrogens with zero attached hydrogens (tertiary/aromatic N) is 1. The lowest BCUT2D eigenvalue weighted by Gasteiger charge is -2.21. The van der Waals surface area contributed by atoms with Crippen molar-refractivity contribution < 1.29 is 4.39 Å². The molecule has 2 nitrogen and oxygen atoms in total. The van der Waals surface area contributed by atoms with Crippen LogP contribution in [-0.4, -0.2) is 11.5 Å². The third kappa shape index (κ3) is 2.17. The maximum absolute atomic E-state index is 13.3. The summed E-state index contributed by atoms with van der Waals surface area (Å²) in [6.45, 7) is 4.02. The molecule has 13 heavy (non-hydrogen) atoms. The molecule has 0 saturated carbocycles. The van der Waals surface area contributed by atoms with Crippen molar-refractivity contribution in [2.24, 2.45) is 5.73 Å². The number of hydrogen-bond donors (Lipinski definition) is 1. The Balaban J connectivity index is 3.16. The molecular weight excluding hydrogens is 191 g/mol. The first-order chi connectivity index (χ1) is 5.97. The summed E-state index contributed by atoms with van der Waals surface area (Å²) in [5, 5.41) is 0.300. The molecule has 1 heterocycles. The lowest BCUT2D eigenvalue weighted by molar-refractivity contribution is 0.475. The van der Waals surface area contributed by atoms with Crippen LogP contribution in [0.3, 0.4) is 0 Å². The maximum Gasteiger partial charge on any atom is 0.146 e. The Bertz CT molecular complexity index is 312. The van der Waals surface area contributed by atoms with Gasteiger partial charge in [0.05, 0.1) is 10.7 Å². The first-order valence-corrected chi connectivity index (χ1v) is 4.37. The highest BCUT2D eigenvalue weighted by Gasteiger charge is 2.24. The molecule has 0 spiro atoms. The van der Waals surface area contributed by atoms with Crippen molar-refractivity contribution in [3.8, 4) is 0 Å². The molecule has 0 aromatic carbocycles. The van der Waals surface area contributed by atoms with Crippen molar-refractivity contribution in [1.82, 2.24) is 4.98 Å². The zero-order valence-corrected chi connectivity index (χ0v) is 8.40. The van der Waals surface area contributed by atoms with Gasteiger partial charge in [0.2, 0.25) is 0 Å². The van der Waals surface area contributed by atoms with Crippen LogP contribution in [0.1, 0.15) is 19.5 Å². The molecule has 0 aliphatic rings. The molecule has 0 aliphatic heterocycles. The van der Waals surface area contributed by atoms with Gasteiger partial charge in [-0.05, 0) is 6.07 Å². The third-order valence-electron chi connectivity index (χ3n) is 1.96. The average molecular weight is 203 g/mol. The first kappa shape index (κ1) is 10.4. The van der Waals surface area contributed by atoms with Crippen molar-refractivity contribution in [2.45, 2.75) is 19.3 Å². The molecule has 1 aromatic rings. The molecule has 1 rings (SSSR count). The summed E-state index contributed by atoms with van der Waals surface area (Å²) in [5.74, 6) is -0.400. The Labute approximate surface area is 81.9 Å². The van der Waals surface area contributed by atoms with Crippen molar-refractivity contribution >= 4 is 11.6 Å². The van der Waals surface area contributed by atoms with Crippen LogP contribution in [0.15, 0.2) is 12.3 Å². The lowest BCUT2D eigenvalue weighted by Crippen LogP contribution is -2.30. The molecule has 1 aromatic heterocycles. The van der Waals surface area contributed by atoms with Crippen LogP contribution >= 0.6 is 11.6 Å². The van der Waals surface area contributed by atoms with Gasteiger partial charge in [0, 0.05) is 18.2 Å². The zero-order valence-electron chi connectivity index (χ0n) is 7.64. The highest BCUT2D eigenvalue weighted by molar-refractivity contribution is 6.30. The largest absolute Gasteiger partial charge is 0.330 e. The normalized spacial score (nSPS) is 11.8. The molecule has 0 saturated heterocycles. The zero-order chi connectivity index (χ0) is 10.1. The van der Waals surface area contributed by atoms with Gasteiger partial charge in [-0.1, -0.05) is 25.4 Å². The minimum absolute atomic E-state index is 0.300. The van der Waals surface area contributed by atoms with Gasteiger partial charge in [-0.15, -0.1) is 0 Å². The molecule has 0 bridgehead atoms. The second-order valence-electron chi connectivity index (χ2n) is 3.57. The molecule has 0 atom stereocenters. The van der Waals surface area contributed by atoms with Crippen LogP contribution < -0.4 is 5.73 Å². The van der Waals surface area contributed by atoms with E-state index in [1.54, 1.807) is 0 Å². The highest BCUT2D eigenvalue weighted by Crippen LogP contribution is 2.23. The van der Waals surface area contributed by atoms with Crippen molar-refractivity contribution in [3.05, 3.63) is 28.8 Å². The fourth-order valence-electron chi connectivity index (χ4n) is 1.01. The summed E-state index contributed by atoms with van der Waals surface area (Å²) in [6.07, 6.45) is 1.43. The van der Waals surface area contributed by atoms with Gasteiger partial charge in [0.25, 0.3) is 0 Å². The van der Waals surface area contributed by atoms with Crippen LogP contribution in [0.2, 0.25) is 5.02 Å². The number of aromatic nitrogens is 1. The van der Waals surface area contributed by atoms with Gasteiger partial charge in [0.1, 0.15) is 5.82 Å². The molecular formula is C9H12ClFN2. The van der Waals surface area contributed by atoms with Crippen LogP contribution in [-0.2, 0) is 5.41 Å². The number of hydrogen-bond acceptors (Lipinski definition) is 2. The van der Waals surface area contributed by atoms with Crippen LogP contribution in [0.5, 0.6) is 0 Å². The molecule has 0 fully saturated rings. The van der Waals surface area contributed by atoms with E-state index in [0.29, 0.717) is 17.3 Å². The molecule has 0 radical (unpaired) electrons. The maximum atomic E-state index is 13.3. The second kappa shape index (κ2) is 3.60. The van der Waals surface area contributed by atoms with Gasteiger partial charge in [-0.25, -0.2) is 4.39 Å². The van der Waals surface area contributed by atoms with Gasteiger partial charge < -0.3 is 5.73 Å². The highest BCUT2D eigenvalue weighted by atomic mass is 35.5. The molecule has 72 valence electrons. The molecule has 0 unspecified atom stereocenters. The van der Waals surface area contributed by atoms with Crippen molar-refractivity contribution in [1.29, 1.82) is 0 Å². The summed E-state index contributed by atoms with van der Waals surface area (Å²) in [5.41, 5.74) is 5.42. The Morgan fingerprint density at radius 3 is 2.69 bits per heavy atom. The minimum atomic E-state index is -0.450. The van der Waals surface area contributed by atoms with E-state index in [1.165, 1.54) is 12.3 Å². The summed E-state index contributed by atoms with van der Waals surface area (Å²) >= 11 is 5.58. The van der Waals surface area contributed by atoms with E-state index in [2.05, 4.69) is 4.98 Å². The minimum Gasteiger partial charge on any atom is -0.330 e. The van der Waals surface area contributed by atoms with Crippen LogP contribution in [0.4, 0.5) is 4.39 Å². The monoisotopic (exact) mass is 202 g/mol. The molecule has 0 aliphatic carbocycles. The summed E-state index contributed by atoms with van der Waals surface area (Å²) in [7, 11) is 0. The van der Waals surface area contributed by atoms with E-state index < -0.39 is 11.2 Å². The van der Waals surface area contributed by atoms with Crippen LogP contribution in [0.25, 0.3) is 0 Å². The van der Waals surface area contributed by atoms with Gasteiger partial charge >= 0.3 is 0 Å². The number of halogens is 2. The van der Waals surface area contributed by atoms with Crippen molar-refractivity contribution in [3.63, 3.8) is 0 Å². The molecule has 0 amide bonds. The fourth-order valence-corrected chi connectivity index (χ4v) is 1.15. The average Bonchev–Trinajstić information content (AvgIpc) is 2.03. The summed E-state index contributed by atoms with van der Waals surface area (Å²) < 4.78 is 13.3. The summed E-state index contributed by atoms with van der Waals surface area (Å²) in [6, 6.07) is 1.25. The van der Waals surface area contributed by atoms with E-state index >= 15 is 0 Å². The van der Waals surface area contributed by atoms with Crippen molar-refractivity contribution in [2.75, 3.05) is 6.54 Å². The summed E-state index contributed by atoms with van der Waals surface area (Å²) in [4.78, 5) is 3.93. The predicted octanol–water partition coefficient (Wildman–Crippen LogP) is 2.11. The molecule has 2 N–H and O–H groups in total. The topological polar surface area (TPSA) is 38.9 Å². The number of pyridine rings is 1. The molecule has 4 heteroatoms. The third-order valence-corrected chi connectivity index (χ3v) is 2.17. The lowest BCUT2D eigenvalue weighted by atomic mass is 9.89. The Hall–Kier alpha value is -0.670. The fraction of sp³-hybridized carbons (Fsp3) is 0.444. The van der Waals surface area contributed by atoms with Gasteiger partial charge in [-0.3, -0.25) is 4.98 Å². The van der Waals surface area contributed by atoms with Crippen LogP contribution in [0, 0.1) is 5.82 Å². The van der Waals surface area contributed by atoms with E-state index in [0.717, 1.165) is 0 Å². The van der Waals surface area contributed by atoms with E-state index in [-0.39, 0.29) is 0 Å². The Kier molecular flexibility index (Phi) is 2.88. The number of rotatable bonds is 2. The smallest absolute Gasteiger partial charge is 0.146 e. The quantitative estimate of drug-likeness (QED) is 0.798. The number of nitrogens with two attached hydrogens (primary N) is 1. The van der Waals surface area contributed by atoms with Gasteiger partial charge in [0.15, 0.2) is 0 Å². The first-order valence-electron chi connectivity index (χ1n) is 3.99. The SMILES string of the molecule is CC(C)(CN)c1ncc(Cl)cc1F. The van der Waals surface area contributed by atoms with E-state index in [1.807, 2.05) is 13.8 Å². The Morgan fingerprint density at radius 2 is 2.23 bits per heavy atom. The Morgan fingerprint density at radius 1 is 1.62 bits per heavy atom. The van der Waals surface area contributed by atoms with E-state index in [9.17, 15) is 4.39 Å². The van der Waals surface area contributed by atoms with E-state index in [4.69, 9.17) is 17.3 Å². The van der Waals surface area contributed by atoms with Gasteiger partial charge in [-0.2, -0.15) is 0 Å². The second-order valence-corrected chi connectivity index (χ2v) is 4.01.